The standard InChI is InChI=1S/C20H27N5O/c1-3-25-18-7-5-4-6-16(18)17(23-25)14-22-19(15-8-12-26-13-9-15)20-21-10-11-24(20)2/h4-7,10-11,15,19,22H,3,8-9,12-14H2,1-2H3. The lowest BCUT2D eigenvalue weighted by Crippen LogP contribution is -2.33. The number of nitrogens with one attached hydrogen (secondary N) is 1. The van der Waals surface area contributed by atoms with E-state index in [1.807, 2.05) is 12.4 Å². The van der Waals surface area contributed by atoms with Crippen LogP contribution in [0.3, 0.4) is 0 Å². The third-order valence-corrected chi connectivity index (χ3v) is 5.40. The maximum absolute atomic E-state index is 5.57. The lowest BCUT2D eigenvalue weighted by Gasteiger charge is -2.30. The molecule has 0 amide bonds. The van der Waals surface area contributed by atoms with E-state index in [2.05, 4.69) is 57.8 Å². The zero-order valence-electron chi connectivity index (χ0n) is 15.6. The minimum Gasteiger partial charge on any atom is -0.381 e. The molecule has 0 spiro atoms. The number of hydrogen-bond acceptors (Lipinski definition) is 4. The molecule has 6 heteroatoms. The van der Waals surface area contributed by atoms with Crippen molar-refractivity contribution in [1.29, 1.82) is 0 Å². The average Bonchev–Trinajstić information content (AvgIpc) is 3.27. The maximum atomic E-state index is 5.57. The first-order chi connectivity index (χ1) is 12.8. The number of imidazole rings is 1. The van der Waals surface area contributed by atoms with Crippen LogP contribution >= 0.6 is 0 Å². The van der Waals surface area contributed by atoms with E-state index in [-0.39, 0.29) is 6.04 Å². The number of para-hydroxylation sites is 1. The van der Waals surface area contributed by atoms with E-state index in [1.54, 1.807) is 0 Å². The maximum Gasteiger partial charge on any atom is 0.125 e. The van der Waals surface area contributed by atoms with Gasteiger partial charge in [0.1, 0.15) is 5.82 Å². The molecule has 1 atom stereocenters. The molecule has 4 rings (SSSR count). The van der Waals surface area contributed by atoms with E-state index in [4.69, 9.17) is 9.84 Å². The van der Waals surface area contributed by atoms with Crippen molar-refractivity contribution in [2.75, 3.05) is 13.2 Å². The van der Waals surface area contributed by atoms with Crippen molar-refractivity contribution in [3.63, 3.8) is 0 Å². The van der Waals surface area contributed by atoms with Crippen LogP contribution in [0, 0.1) is 5.92 Å². The van der Waals surface area contributed by atoms with E-state index in [1.165, 1.54) is 10.9 Å². The third kappa shape index (κ3) is 3.27. The number of ether oxygens (including phenoxy) is 1. The van der Waals surface area contributed by atoms with Crippen molar-refractivity contribution >= 4 is 10.9 Å². The van der Waals surface area contributed by atoms with Crippen LogP contribution < -0.4 is 5.32 Å². The number of aromatic nitrogens is 4. The number of hydrogen-bond donors (Lipinski definition) is 1. The van der Waals surface area contributed by atoms with E-state index in [0.29, 0.717) is 5.92 Å². The summed E-state index contributed by atoms with van der Waals surface area (Å²) in [7, 11) is 2.07. The van der Waals surface area contributed by atoms with Crippen LogP contribution in [0.1, 0.15) is 37.3 Å². The van der Waals surface area contributed by atoms with Gasteiger partial charge in [0.25, 0.3) is 0 Å². The smallest absolute Gasteiger partial charge is 0.125 e. The molecule has 1 aromatic carbocycles. The Kier molecular flexibility index (Phi) is 5.04. The third-order valence-electron chi connectivity index (χ3n) is 5.40. The highest BCUT2D eigenvalue weighted by molar-refractivity contribution is 5.81. The number of rotatable bonds is 6. The van der Waals surface area contributed by atoms with Gasteiger partial charge in [0, 0.05) is 51.1 Å². The van der Waals surface area contributed by atoms with Gasteiger partial charge in [0.2, 0.25) is 0 Å². The molecule has 0 bridgehead atoms. The normalized spacial score (nSPS) is 17.0. The van der Waals surface area contributed by atoms with E-state index < -0.39 is 0 Å². The summed E-state index contributed by atoms with van der Waals surface area (Å²) >= 11 is 0. The second kappa shape index (κ2) is 7.60. The molecule has 0 saturated carbocycles. The zero-order valence-corrected chi connectivity index (χ0v) is 15.6. The van der Waals surface area contributed by atoms with Gasteiger partial charge in [-0.15, -0.1) is 0 Å². The van der Waals surface area contributed by atoms with E-state index in [9.17, 15) is 0 Å². The van der Waals surface area contributed by atoms with Crippen LogP contribution in [-0.4, -0.2) is 32.5 Å². The van der Waals surface area contributed by atoms with Crippen molar-refractivity contribution < 1.29 is 4.74 Å². The first-order valence-electron chi connectivity index (χ1n) is 9.50. The largest absolute Gasteiger partial charge is 0.381 e. The van der Waals surface area contributed by atoms with Crippen molar-refractivity contribution in [2.45, 2.75) is 38.9 Å². The quantitative estimate of drug-likeness (QED) is 0.740. The zero-order chi connectivity index (χ0) is 17.9. The van der Waals surface area contributed by atoms with Gasteiger partial charge >= 0.3 is 0 Å². The highest BCUT2D eigenvalue weighted by Gasteiger charge is 2.28. The van der Waals surface area contributed by atoms with Gasteiger partial charge in [0.05, 0.1) is 17.3 Å². The minimum atomic E-state index is 0.212. The molecule has 3 aromatic rings. The summed E-state index contributed by atoms with van der Waals surface area (Å²) in [4.78, 5) is 4.62. The molecule has 1 aliphatic rings. The van der Waals surface area contributed by atoms with Crippen LogP contribution in [0.25, 0.3) is 10.9 Å². The topological polar surface area (TPSA) is 56.9 Å². The van der Waals surface area contributed by atoms with Gasteiger partial charge in [-0.05, 0) is 31.7 Å². The van der Waals surface area contributed by atoms with Gasteiger partial charge in [-0.2, -0.15) is 5.10 Å². The Hall–Kier alpha value is -2.18. The molecule has 3 heterocycles. The Balaban J connectivity index is 1.60. The lowest BCUT2D eigenvalue weighted by molar-refractivity contribution is 0.0517. The van der Waals surface area contributed by atoms with Crippen LogP contribution in [0.4, 0.5) is 0 Å². The van der Waals surface area contributed by atoms with Crippen LogP contribution in [0.15, 0.2) is 36.7 Å². The summed E-state index contributed by atoms with van der Waals surface area (Å²) in [5, 5.41) is 9.82. The highest BCUT2D eigenvalue weighted by Crippen LogP contribution is 2.30. The van der Waals surface area contributed by atoms with Crippen molar-refractivity contribution in [3.8, 4) is 0 Å². The Labute approximate surface area is 154 Å². The SMILES string of the molecule is CCn1nc(CNC(c2nccn2C)C2CCOCC2)c2ccccc21. The molecule has 1 saturated heterocycles. The molecule has 138 valence electrons. The summed E-state index contributed by atoms with van der Waals surface area (Å²) in [6.45, 7) is 5.42. The molecule has 1 fully saturated rings. The molecule has 1 aliphatic heterocycles. The molecule has 2 aromatic heterocycles. The van der Waals surface area contributed by atoms with Crippen molar-refractivity contribution in [1.82, 2.24) is 24.6 Å². The molecular weight excluding hydrogens is 326 g/mol. The predicted molar refractivity (Wildman–Crippen MR) is 102 cm³/mol. The summed E-state index contributed by atoms with van der Waals surface area (Å²) in [5.41, 5.74) is 2.31. The van der Waals surface area contributed by atoms with Gasteiger partial charge in [-0.25, -0.2) is 4.98 Å². The second-order valence-electron chi connectivity index (χ2n) is 6.98. The molecule has 0 radical (unpaired) electrons. The number of benzene rings is 1. The van der Waals surface area contributed by atoms with Crippen LogP contribution in [-0.2, 0) is 24.9 Å². The molecular formula is C20H27N5O. The Bertz CT molecular complexity index is 862. The molecule has 26 heavy (non-hydrogen) atoms. The Morgan fingerprint density at radius 3 is 2.81 bits per heavy atom. The molecule has 1 unspecified atom stereocenters. The Morgan fingerprint density at radius 1 is 1.27 bits per heavy atom. The highest BCUT2D eigenvalue weighted by atomic mass is 16.5. The average molecular weight is 353 g/mol. The second-order valence-corrected chi connectivity index (χ2v) is 6.98. The summed E-state index contributed by atoms with van der Waals surface area (Å²) in [6, 6.07) is 8.68. The van der Waals surface area contributed by atoms with Gasteiger partial charge < -0.3 is 14.6 Å². The molecule has 0 aliphatic carbocycles. The number of aryl methyl sites for hydroxylation is 2. The Morgan fingerprint density at radius 2 is 2.08 bits per heavy atom. The van der Waals surface area contributed by atoms with Crippen molar-refractivity contribution in [2.24, 2.45) is 13.0 Å². The fraction of sp³-hybridized carbons (Fsp3) is 0.500. The fourth-order valence-electron chi connectivity index (χ4n) is 3.97. The lowest BCUT2D eigenvalue weighted by atomic mass is 9.91. The predicted octanol–water partition coefficient (Wildman–Crippen LogP) is 3.05. The van der Waals surface area contributed by atoms with Gasteiger partial charge in [0.15, 0.2) is 0 Å². The van der Waals surface area contributed by atoms with E-state index in [0.717, 1.165) is 50.7 Å². The molecule has 6 nitrogen and oxygen atoms in total. The first-order valence-corrected chi connectivity index (χ1v) is 9.50. The first kappa shape index (κ1) is 17.2. The minimum absolute atomic E-state index is 0.212. The van der Waals surface area contributed by atoms with E-state index >= 15 is 0 Å². The fourth-order valence-corrected chi connectivity index (χ4v) is 3.97. The van der Waals surface area contributed by atoms with Crippen LogP contribution in [0.2, 0.25) is 0 Å². The van der Waals surface area contributed by atoms with Gasteiger partial charge in [-0.3, -0.25) is 4.68 Å². The summed E-state index contributed by atoms with van der Waals surface area (Å²) < 4.78 is 9.77. The number of fused-ring (bicyclic) bond motifs is 1. The van der Waals surface area contributed by atoms with Gasteiger partial charge in [-0.1, -0.05) is 18.2 Å². The molecule has 1 N–H and O–H groups in total. The van der Waals surface area contributed by atoms with Crippen molar-refractivity contribution in [3.05, 3.63) is 48.2 Å². The van der Waals surface area contributed by atoms with Crippen LogP contribution in [0.5, 0.6) is 0 Å². The summed E-state index contributed by atoms with van der Waals surface area (Å²) in [5.74, 6) is 1.63. The monoisotopic (exact) mass is 353 g/mol. The number of nitrogens with zero attached hydrogens (tertiary/aromatic N) is 4. The summed E-state index contributed by atoms with van der Waals surface area (Å²) in [6.07, 6.45) is 6.03.